The summed E-state index contributed by atoms with van der Waals surface area (Å²) in [6.45, 7) is 0. The van der Waals surface area contributed by atoms with Crippen molar-refractivity contribution in [2.24, 2.45) is 9.98 Å². The highest BCUT2D eigenvalue weighted by atomic mass is 19.1. The van der Waals surface area contributed by atoms with Gasteiger partial charge in [-0.25, -0.2) is 8.78 Å². The molecule has 0 aliphatic carbocycles. The van der Waals surface area contributed by atoms with Crippen LogP contribution in [-0.4, -0.2) is 12.4 Å². The Morgan fingerprint density at radius 1 is 0.583 bits per heavy atom. The number of halogens is 2. The molecule has 0 unspecified atom stereocenters. The Kier molecular flexibility index (Phi) is 4.87. The maximum absolute atomic E-state index is 13.1. The van der Waals surface area contributed by atoms with E-state index in [1.807, 2.05) is 24.3 Å². The third-order valence-electron chi connectivity index (χ3n) is 3.28. The van der Waals surface area contributed by atoms with E-state index in [0.717, 1.165) is 11.1 Å². The van der Waals surface area contributed by atoms with Crippen molar-refractivity contribution >= 4 is 23.8 Å². The summed E-state index contributed by atoms with van der Waals surface area (Å²) in [6, 6.07) is 19.8. The smallest absolute Gasteiger partial charge is 0.125 e. The summed E-state index contributed by atoms with van der Waals surface area (Å²) >= 11 is 0. The molecule has 0 aromatic heterocycles. The Morgan fingerprint density at radius 2 is 1.00 bits per heavy atom. The highest BCUT2D eigenvalue weighted by molar-refractivity contribution is 5.86. The lowest BCUT2D eigenvalue weighted by atomic mass is 10.1. The van der Waals surface area contributed by atoms with Crippen molar-refractivity contribution < 1.29 is 8.78 Å². The van der Waals surface area contributed by atoms with Gasteiger partial charge in [-0.1, -0.05) is 36.4 Å². The van der Waals surface area contributed by atoms with Gasteiger partial charge in [-0.15, -0.1) is 0 Å². The summed E-state index contributed by atoms with van der Waals surface area (Å²) in [5.74, 6) is -0.623. The first kappa shape index (κ1) is 15.7. The van der Waals surface area contributed by atoms with Gasteiger partial charge in [0.1, 0.15) is 11.6 Å². The largest absolute Gasteiger partial charge is 0.256 e. The molecule has 0 aliphatic rings. The number of hydrogen-bond donors (Lipinski definition) is 0. The molecule has 0 atom stereocenters. The zero-order valence-corrected chi connectivity index (χ0v) is 12.7. The van der Waals surface area contributed by atoms with Gasteiger partial charge in [-0.05, 0) is 47.5 Å². The summed E-state index contributed by atoms with van der Waals surface area (Å²) in [4.78, 5) is 8.46. The molecule has 0 radical (unpaired) electrons. The molecule has 4 heteroatoms. The van der Waals surface area contributed by atoms with Crippen LogP contribution in [0, 0.1) is 11.6 Å². The van der Waals surface area contributed by atoms with Gasteiger partial charge in [-0.3, -0.25) is 9.98 Å². The average Bonchev–Trinajstić information content (AvgIpc) is 2.59. The summed E-state index contributed by atoms with van der Waals surface area (Å²) in [5.41, 5.74) is 2.91. The first-order chi connectivity index (χ1) is 11.7. The fourth-order valence-electron chi connectivity index (χ4n) is 2.08. The van der Waals surface area contributed by atoms with E-state index in [1.165, 1.54) is 24.3 Å². The van der Waals surface area contributed by atoms with Crippen LogP contribution in [0.25, 0.3) is 0 Å². The van der Waals surface area contributed by atoms with Gasteiger partial charge in [0.05, 0.1) is 11.4 Å². The van der Waals surface area contributed by atoms with E-state index >= 15 is 0 Å². The van der Waals surface area contributed by atoms with Crippen LogP contribution >= 0.6 is 0 Å². The number of aliphatic imine (C=N–C) groups is 2. The Hall–Kier alpha value is -3.14. The molecule has 3 aromatic carbocycles. The van der Waals surface area contributed by atoms with Crippen LogP contribution in [0.3, 0.4) is 0 Å². The van der Waals surface area contributed by atoms with Crippen LogP contribution in [0.1, 0.15) is 11.1 Å². The molecule has 0 spiro atoms. The van der Waals surface area contributed by atoms with E-state index < -0.39 is 0 Å². The fourth-order valence-corrected chi connectivity index (χ4v) is 2.08. The molecular weight excluding hydrogens is 306 g/mol. The predicted molar refractivity (Wildman–Crippen MR) is 93.8 cm³/mol. The topological polar surface area (TPSA) is 24.7 Å². The van der Waals surface area contributed by atoms with Crippen LogP contribution in [0.15, 0.2) is 82.8 Å². The Labute approximate surface area is 138 Å². The zero-order valence-electron chi connectivity index (χ0n) is 12.7. The molecule has 0 saturated heterocycles. The first-order valence-corrected chi connectivity index (χ1v) is 7.38. The molecule has 2 nitrogen and oxygen atoms in total. The Balaban J connectivity index is 1.69. The fraction of sp³-hybridized carbons (Fsp3) is 0. The van der Waals surface area contributed by atoms with E-state index in [9.17, 15) is 8.78 Å². The second-order valence-electron chi connectivity index (χ2n) is 5.14. The monoisotopic (exact) mass is 320 g/mol. The van der Waals surface area contributed by atoms with Crippen LogP contribution in [0.5, 0.6) is 0 Å². The molecule has 0 fully saturated rings. The van der Waals surface area contributed by atoms with Gasteiger partial charge in [0.15, 0.2) is 0 Å². The summed E-state index contributed by atoms with van der Waals surface area (Å²) in [7, 11) is 0. The summed E-state index contributed by atoms with van der Waals surface area (Å²) in [6.07, 6.45) is 3.34. The lowest BCUT2D eigenvalue weighted by molar-refractivity contribution is 0.628. The van der Waals surface area contributed by atoms with E-state index in [0.29, 0.717) is 11.4 Å². The number of nitrogens with zero attached hydrogens (tertiary/aromatic N) is 2. The standard InChI is InChI=1S/C20H14F2N2/c21-17-3-1-5-19(11-17)23-13-15-7-9-16(10-8-15)14-24-20-6-2-4-18(22)12-20/h1-14H. The molecule has 0 saturated carbocycles. The van der Waals surface area contributed by atoms with Crippen molar-refractivity contribution in [1.82, 2.24) is 0 Å². The van der Waals surface area contributed by atoms with Crippen molar-refractivity contribution in [1.29, 1.82) is 0 Å². The average molecular weight is 320 g/mol. The second-order valence-corrected chi connectivity index (χ2v) is 5.14. The minimum atomic E-state index is -0.312. The molecular formula is C20H14F2N2. The van der Waals surface area contributed by atoms with E-state index in [1.54, 1.807) is 36.7 Å². The molecule has 3 aromatic rings. The van der Waals surface area contributed by atoms with E-state index in [-0.39, 0.29) is 11.6 Å². The maximum atomic E-state index is 13.1. The minimum absolute atomic E-state index is 0.312. The van der Waals surface area contributed by atoms with Crippen molar-refractivity contribution in [3.63, 3.8) is 0 Å². The molecule has 0 aliphatic heterocycles. The Morgan fingerprint density at radius 3 is 1.38 bits per heavy atom. The molecule has 24 heavy (non-hydrogen) atoms. The first-order valence-electron chi connectivity index (χ1n) is 7.38. The van der Waals surface area contributed by atoms with Crippen molar-refractivity contribution in [3.05, 3.63) is 95.6 Å². The van der Waals surface area contributed by atoms with Crippen molar-refractivity contribution in [2.75, 3.05) is 0 Å². The van der Waals surface area contributed by atoms with E-state index in [4.69, 9.17) is 0 Å². The third-order valence-corrected chi connectivity index (χ3v) is 3.28. The third kappa shape index (κ3) is 4.43. The molecule has 0 bridgehead atoms. The number of hydrogen-bond acceptors (Lipinski definition) is 2. The van der Waals surface area contributed by atoms with Crippen molar-refractivity contribution in [2.45, 2.75) is 0 Å². The zero-order chi connectivity index (χ0) is 16.8. The lowest BCUT2D eigenvalue weighted by Crippen LogP contribution is -1.84. The SMILES string of the molecule is Fc1cccc(N=Cc2ccc(C=Nc3cccc(F)c3)cc2)c1. The predicted octanol–water partition coefficient (Wildman–Crippen LogP) is 5.47. The molecule has 118 valence electrons. The van der Waals surface area contributed by atoms with Crippen molar-refractivity contribution in [3.8, 4) is 0 Å². The number of rotatable bonds is 4. The van der Waals surface area contributed by atoms with Crippen LogP contribution < -0.4 is 0 Å². The summed E-state index contributed by atoms with van der Waals surface area (Å²) in [5, 5.41) is 0. The highest BCUT2D eigenvalue weighted by Crippen LogP contribution is 2.14. The number of benzene rings is 3. The van der Waals surface area contributed by atoms with Gasteiger partial charge in [0, 0.05) is 12.4 Å². The summed E-state index contributed by atoms with van der Waals surface area (Å²) < 4.78 is 26.2. The quantitative estimate of drug-likeness (QED) is 0.570. The van der Waals surface area contributed by atoms with Gasteiger partial charge >= 0.3 is 0 Å². The molecule has 0 amide bonds. The van der Waals surface area contributed by atoms with Crippen LogP contribution in [0.4, 0.5) is 20.2 Å². The normalized spacial score (nSPS) is 11.4. The van der Waals surface area contributed by atoms with Gasteiger partial charge in [0.2, 0.25) is 0 Å². The van der Waals surface area contributed by atoms with Crippen LogP contribution in [-0.2, 0) is 0 Å². The minimum Gasteiger partial charge on any atom is -0.256 e. The molecule has 0 N–H and O–H groups in total. The Bertz CT molecular complexity index is 810. The molecule has 0 heterocycles. The molecule has 3 rings (SSSR count). The van der Waals surface area contributed by atoms with Gasteiger partial charge in [0.25, 0.3) is 0 Å². The lowest BCUT2D eigenvalue weighted by Gasteiger charge is -1.97. The highest BCUT2D eigenvalue weighted by Gasteiger charge is 1.94. The second kappa shape index (κ2) is 7.42. The van der Waals surface area contributed by atoms with Gasteiger partial charge < -0.3 is 0 Å². The van der Waals surface area contributed by atoms with Crippen LogP contribution in [0.2, 0.25) is 0 Å². The van der Waals surface area contributed by atoms with Gasteiger partial charge in [-0.2, -0.15) is 0 Å². The maximum Gasteiger partial charge on any atom is 0.125 e. The van der Waals surface area contributed by atoms with E-state index in [2.05, 4.69) is 9.98 Å².